The van der Waals surface area contributed by atoms with Gasteiger partial charge in [-0.05, 0) is 23.1 Å². The van der Waals surface area contributed by atoms with Crippen LogP contribution in [0.1, 0.15) is 26.3 Å². The van der Waals surface area contributed by atoms with E-state index >= 15 is 0 Å². The Bertz CT molecular complexity index is 1030. The van der Waals surface area contributed by atoms with Crippen molar-refractivity contribution in [2.75, 3.05) is 0 Å². The average Bonchev–Trinajstić information content (AvgIpc) is 2.60. The quantitative estimate of drug-likeness (QED) is 0.457. The van der Waals surface area contributed by atoms with Crippen LogP contribution in [0.3, 0.4) is 0 Å². The van der Waals surface area contributed by atoms with Crippen molar-refractivity contribution in [1.82, 2.24) is 15.0 Å². The number of fused-ring (bicyclic) bond motifs is 3. The van der Waals surface area contributed by atoms with E-state index in [-0.39, 0.29) is 5.41 Å². The van der Waals surface area contributed by atoms with Crippen molar-refractivity contribution in [3.05, 3.63) is 66.5 Å². The Morgan fingerprint density at radius 1 is 0.792 bits per heavy atom. The molecule has 0 aliphatic heterocycles. The van der Waals surface area contributed by atoms with Crippen LogP contribution in [-0.2, 0) is 5.41 Å². The van der Waals surface area contributed by atoms with Crippen molar-refractivity contribution in [2.45, 2.75) is 26.2 Å². The summed E-state index contributed by atoms with van der Waals surface area (Å²) >= 11 is 0. The zero-order valence-electron chi connectivity index (χ0n) is 14.1. The summed E-state index contributed by atoms with van der Waals surface area (Å²) in [5, 5.41) is 1.10. The molecule has 0 saturated carbocycles. The number of hydrogen-bond acceptors (Lipinski definition) is 3. The highest BCUT2D eigenvalue weighted by atomic mass is 14.8. The van der Waals surface area contributed by atoms with Crippen LogP contribution in [0, 0.1) is 0 Å². The molecule has 0 saturated heterocycles. The molecule has 2 aromatic heterocycles. The molecule has 2 aromatic carbocycles. The van der Waals surface area contributed by atoms with Crippen LogP contribution in [0.5, 0.6) is 0 Å². The van der Waals surface area contributed by atoms with Crippen LogP contribution in [0.2, 0.25) is 0 Å². The summed E-state index contributed by atoms with van der Waals surface area (Å²) in [5.41, 5.74) is 6.03. The molecule has 0 atom stereocenters. The fraction of sp³-hybridized carbons (Fsp3) is 0.190. The van der Waals surface area contributed by atoms with Crippen LogP contribution < -0.4 is 0 Å². The fourth-order valence-electron chi connectivity index (χ4n) is 3.06. The van der Waals surface area contributed by atoms with E-state index < -0.39 is 0 Å². The topological polar surface area (TPSA) is 38.7 Å². The van der Waals surface area contributed by atoms with Gasteiger partial charge in [0.15, 0.2) is 0 Å². The Morgan fingerprint density at radius 2 is 1.54 bits per heavy atom. The summed E-state index contributed by atoms with van der Waals surface area (Å²) < 4.78 is 0. The Morgan fingerprint density at radius 3 is 2.29 bits per heavy atom. The van der Waals surface area contributed by atoms with Crippen molar-refractivity contribution in [1.29, 1.82) is 0 Å². The number of pyridine rings is 1. The number of nitrogens with zero attached hydrogens (tertiary/aromatic N) is 3. The van der Waals surface area contributed by atoms with Gasteiger partial charge in [0.25, 0.3) is 0 Å². The van der Waals surface area contributed by atoms with Gasteiger partial charge in [-0.1, -0.05) is 57.2 Å². The molecule has 0 N–H and O–H groups in total. The Hall–Kier alpha value is -2.81. The highest BCUT2D eigenvalue weighted by Gasteiger charge is 2.21. The van der Waals surface area contributed by atoms with Gasteiger partial charge in [-0.25, -0.2) is 4.98 Å². The maximum Gasteiger partial charge on any atom is 0.115 e. The lowest BCUT2D eigenvalue weighted by Crippen LogP contribution is -2.14. The van der Waals surface area contributed by atoms with Gasteiger partial charge in [-0.2, -0.15) is 0 Å². The highest BCUT2D eigenvalue weighted by Crippen LogP contribution is 2.35. The van der Waals surface area contributed by atoms with Gasteiger partial charge in [0.05, 0.1) is 16.7 Å². The van der Waals surface area contributed by atoms with Gasteiger partial charge in [-0.15, -0.1) is 0 Å². The minimum Gasteiger partial charge on any atom is -0.253 e. The first kappa shape index (κ1) is 14.8. The molecule has 24 heavy (non-hydrogen) atoms. The molecule has 4 rings (SSSR count). The van der Waals surface area contributed by atoms with E-state index in [0.29, 0.717) is 0 Å². The molecule has 0 unspecified atom stereocenters. The predicted octanol–water partition coefficient (Wildman–Crippen LogP) is 5.14. The summed E-state index contributed by atoms with van der Waals surface area (Å²) in [6.07, 6.45) is 3.44. The van der Waals surface area contributed by atoms with E-state index in [4.69, 9.17) is 4.98 Å². The van der Waals surface area contributed by atoms with Crippen LogP contribution in [0.15, 0.2) is 60.9 Å². The van der Waals surface area contributed by atoms with Gasteiger partial charge in [0.1, 0.15) is 5.52 Å². The van der Waals surface area contributed by atoms with Crippen LogP contribution in [0.25, 0.3) is 33.2 Å². The van der Waals surface area contributed by atoms with Gasteiger partial charge in [0, 0.05) is 23.3 Å². The average molecular weight is 313 g/mol. The first-order chi connectivity index (χ1) is 11.5. The van der Waals surface area contributed by atoms with Gasteiger partial charge in [-0.3, -0.25) is 9.97 Å². The van der Waals surface area contributed by atoms with E-state index in [2.05, 4.69) is 67.1 Å². The molecule has 0 spiro atoms. The monoisotopic (exact) mass is 313 g/mol. The maximum absolute atomic E-state index is 5.04. The SMILES string of the molecule is CC(C)(C)c1cc2ccc3nccnc3c2nc1-c1ccccc1. The second kappa shape index (κ2) is 5.38. The number of rotatable bonds is 1. The molecule has 0 aliphatic carbocycles. The molecule has 0 bridgehead atoms. The smallest absolute Gasteiger partial charge is 0.115 e. The zero-order chi connectivity index (χ0) is 16.7. The van der Waals surface area contributed by atoms with E-state index in [1.807, 2.05) is 12.1 Å². The first-order valence-corrected chi connectivity index (χ1v) is 8.14. The fourth-order valence-corrected chi connectivity index (χ4v) is 3.06. The van der Waals surface area contributed by atoms with Crippen LogP contribution in [0.4, 0.5) is 0 Å². The number of aromatic nitrogens is 3. The summed E-state index contributed by atoms with van der Waals surface area (Å²) in [7, 11) is 0. The minimum absolute atomic E-state index is 0.00366. The first-order valence-electron chi connectivity index (χ1n) is 8.14. The molecular formula is C21H19N3. The maximum atomic E-state index is 5.04. The zero-order valence-corrected chi connectivity index (χ0v) is 14.1. The molecule has 0 fully saturated rings. The molecule has 0 aliphatic rings. The third-order valence-corrected chi connectivity index (χ3v) is 4.28. The summed E-state index contributed by atoms with van der Waals surface area (Å²) in [5.74, 6) is 0. The minimum atomic E-state index is 0.00366. The van der Waals surface area contributed by atoms with Gasteiger partial charge >= 0.3 is 0 Å². The van der Waals surface area contributed by atoms with Crippen molar-refractivity contribution in [3.63, 3.8) is 0 Å². The molecule has 0 amide bonds. The Labute approximate surface area is 141 Å². The van der Waals surface area contributed by atoms with Gasteiger partial charge < -0.3 is 0 Å². The van der Waals surface area contributed by atoms with Crippen molar-refractivity contribution < 1.29 is 0 Å². The standard InChI is InChI=1S/C21H19N3/c1-21(2,3)16-13-15-9-10-17-20(23-12-11-22-17)19(15)24-18(16)14-7-5-4-6-8-14/h4-13H,1-3H3. The molecule has 3 heteroatoms. The van der Waals surface area contributed by atoms with Crippen LogP contribution >= 0.6 is 0 Å². The van der Waals surface area contributed by atoms with E-state index in [1.54, 1.807) is 12.4 Å². The molecular weight excluding hydrogens is 294 g/mol. The molecule has 3 nitrogen and oxygen atoms in total. The molecule has 4 aromatic rings. The lowest BCUT2D eigenvalue weighted by Gasteiger charge is -2.23. The number of benzene rings is 2. The lowest BCUT2D eigenvalue weighted by molar-refractivity contribution is 0.591. The highest BCUT2D eigenvalue weighted by molar-refractivity contribution is 6.02. The van der Waals surface area contributed by atoms with Crippen molar-refractivity contribution in [3.8, 4) is 11.3 Å². The number of hydrogen-bond donors (Lipinski definition) is 0. The second-order valence-electron chi connectivity index (χ2n) is 7.06. The van der Waals surface area contributed by atoms with E-state index in [0.717, 1.165) is 33.2 Å². The predicted molar refractivity (Wildman–Crippen MR) is 99.0 cm³/mol. The second-order valence-corrected chi connectivity index (χ2v) is 7.06. The Kier molecular flexibility index (Phi) is 3.31. The summed E-state index contributed by atoms with van der Waals surface area (Å²) in [6.45, 7) is 6.68. The summed E-state index contributed by atoms with van der Waals surface area (Å²) in [6, 6.07) is 16.7. The van der Waals surface area contributed by atoms with Crippen molar-refractivity contribution >= 4 is 21.9 Å². The van der Waals surface area contributed by atoms with E-state index in [1.165, 1.54) is 5.56 Å². The summed E-state index contributed by atoms with van der Waals surface area (Å²) in [4.78, 5) is 14.0. The normalized spacial score (nSPS) is 12.0. The Balaban J connectivity index is 2.13. The van der Waals surface area contributed by atoms with Gasteiger partial charge in [0.2, 0.25) is 0 Å². The van der Waals surface area contributed by atoms with E-state index in [9.17, 15) is 0 Å². The molecule has 2 heterocycles. The third-order valence-electron chi connectivity index (χ3n) is 4.28. The third kappa shape index (κ3) is 2.42. The van der Waals surface area contributed by atoms with Crippen molar-refractivity contribution in [2.24, 2.45) is 0 Å². The largest absolute Gasteiger partial charge is 0.253 e. The molecule has 118 valence electrons. The lowest BCUT2D eigenvalue weighted by atomic mass is 9.83. The van der Waals surface area contributed by atoms with Crippen LogP contribution in [-0.4, -0.2) is 15.0 Å². The molecule has 0 radical (unpaired) electrons.